The van der Waals surface area contributed by atoms with Gasteiger partial charge in [0.2, 0.25) is 0 Å². The van der Waals surface area contributed by atoms with Crippen molar-refractivity contribution in [3.05, 3.63) is 63.6 Å². The van der Waals surface area contributed by atoms with Crippen molar-refractivity contribution in [1.82, 2.24) is 0 Å². The van der Waals surface area contributed by atoms with Crippen LogP contribution in [0.5, 0.6) is 0 Å². The second-order valence-corrected chi connectivity index (χ2v) is 5.32. The lowest BCUT2D eigenvalue weighted by Crippen LogP contribution is -2.22. The van der Waals surface area contributed by atoms with Crippen LogP contribution in [0.4, 0.5) is 5.69 Å². The second-order valence-electron chi connectivity index (χ2n) is 4.12. The molecule has 1 atom stereocenters. The number of carbonyl (C=O) groups excluding carboxylic acids is 1. The number of benzene rings is 2. The Morgan fingerprint density at radius 2 is 1.90 bits per heavy atom. The van der Waals surface area contributed by atoms with Crippen molar-refractivity contribution in [2.24, 2.45) is 0 Å². The first kappa shape index (κ1) is 15.0. The molecule has 5 heteroatoms. The molecule has 0 bridgehead atoms. The Bertz CT molecular complexity index is 604. The molecule has 0 aliphatic carbocycles. The van der Waals surface area contributed by atoms with E-state index in [1.54, 1.807) is 18.2 Å². The lowest BCUT2D eigenvalue weighted by molar-refractivity contribution is -0.126. The average Bonchev–Trinajstić information content (AvgIpc) is 2.46. The van der Waals surface area contributed by atoms with Gasteiger partial charge in [0, 0.05) is 7.11 Å². The van der Waals surface area contributed by atoms with Crippen LogP contribution in [-0.2, 0) is 9.53 Å². The molecule has 0 aliphatic heterocycles. The number of nitrogens with one attached hydrogen (secondary N) is 1. The van der Waals surface area contributed by atoms with Crippen molar-refractivity contribution in [1.29, 1.82) is 0 Å². The number of rotatable bonds is 4. The fraction of sp³-hybridized carbons (Fsp3) is 0.133. The molecule has 0 aromatic heterocycles. The summed E-state index contributed by atoms with van der Waals surface area (Å²) in [6.45, 7) is 0. The zero-order valence-electron chi connectivity index (χ0n) is 10.8. The smallest absolute Gasteiger partial charge is 0.258 e. The maximum Gasteiger partial charge on any atom is 0.258 e. The van der Waals surface area contributed by atoms with Crippen molar-refractivity contribution in [2.75, 3.05) is 12.4 Å². The summed E-state index contributed by atoms with van der Waals surface area (Å²) < 4.78 is 5.93. The Labute approximate surface area is 131 Å². The van der Waals surface area contributed by atoms with Gasteiger partial charge in [-0.2, -0.15) is 0 Å². The molecule has 1 N–H and O–H groups in total. The third-order valence-corrected chi connectivity index (χ3v) is 4.18. The molecule has 0 saturated carbocycles. The molecule has 1 amide bonds. The van der Waals surface area contributed by atoms with Crippen LogP contribution >= 0.6 is 27.5 Å². The summed E-state index contributed by atoms with van der Waals surface area (Å²) in [6.07, 6.45) is -0.665. The zero-order chi connectivity index (χ0) is 14.5. The van der Waals surface area contributed by atoms with E-state index in [1.807, 2.05) is 30.3 Å². The van der Waals surface area contributed by atoms with E-state index in [-0.39, 0.29) is 5.91 Å². The molecule has 20 heavy (non-hydrogen) atoms. The predicted molar refractivity (Wildman–Crippen MR) is 84.0 cm³/mol. The average molecular weight is 355 g/mol. The van der Waals surface area contributed by atoms with E-state index in [0.717, 1.165) is 5.56 Å². The zero-order valence-corrected chi connectivity index (χ0v) is 13.1. The number of hydrogen-bond acceptors (Lipinski definition) is 2. The van der Waals surface area contributed by atoms with Gasteiger partial charge in [-0.25, -0.2) is 0 Å². The minimum absolute atomic E-state index is 0.248. The maximum atomic E-state index is 12.3. The standard InChI is InChI=1S/C15H13BrClNO2/c1-20-14(10-6-3-2-4-7-10)15(19)18-12-9-5-8-11(17)13(12)16/h2-9,14H,1H3,(H,18,19). The van der Waals surface area contributed by atoms with Crippen LogP contribution in [0.1, 0.15) is 11.7 Å². The molecule has 104 valence electrons. The lowest BCUT2D eigenvalue weighted by atomic mass is 10.1. The van der Waals surface area contributed by atoms with Gasteiger partial charge in [0.05, 0.1) is 15.2 Å². The van der Waals surface area contributed by atoms with Crippen molar-refractivity contribution in [3.8, 4) is 0 Å². The minimum Gasteiger partial charge on any atom is -0.367 e. The quantitative estimate of drug-likeness (QED) is 0.882. The SMILES string of the molecule is COC(C(=O)Nc1cccc(Cl)c1Br)c1ccccc1. The summed E-state index contributed by atoms with van der Waals surface area (Å²) in [7, 11) is 1.50. The second kappa shape index (κ2) is 6.88. The maximum absolute atomic E-state index is 12.3. The third kappa shape index (κ3) is 3.39. The fourth-order valence-corrected chi connectivity index (χ4v) is 2.36. The molecule has 0 heterocycles. The molecule has 2 aromatic carbocycles. The summed E-state index contributed by atoms with van der Waals surface area (Å²) in [4.78, 5) is 12.3. The topological polar surface area (TPSA) is 38.3 Å². The van der Waals surface area contributed by atoms with Gasteiger partial charge in [0.25, 0.3) is 5.91 Å². The van der Waals surface area contributed by atoms with E-state index in [0.29, 0.717) is 15.2 Å². The normalized spacial score (nSPS) is 11.9. The first-order chi connectivity index (χ1) is 9.63. The van der Waals surface area contributed by atoms with Crippen LogP contribution in [-0.4, -0.2) is 13.0 Å². The molecule has 3 nitrogen and oxygen atoms in total. The summed E-state index contributed by atoms with van der Waals surface area (Å²) >= 11 is 9.35. The van der Waals surface area contributed by atoms with Crippen LogP contribution in [0, 0.1) is 0 Å². The van der Waals surface area contributed by atoms with Crippen molar-refractivity contribution < 1.29 is 9.53 Å². The Morgan fingerprint density at radius 3 is 2.55 bits per heavy atom. The minimum atomic E-state index is -0.665. The number of amides is 1. The molecule has 0 aliphatic rings. The van der Waals surface area contributed by atoms with Crippen molar-refractivity contribution in [3.63, 3.8) is 0 Å². The summed E-state index contributed by atoms with van der Waals surface area (Å²) in [6, 6.07) is 14.6. The number of halogens is 2. The monoisotopic (exact) mass is 353 g/mol. The fourth-order valence-electron chi connectivity index (χ4n) is 1.82. The first-order valence-corrected chi connectivity index (χ1v) is 7.13. The highest BCUT2D eigenvalue weighted by molar-refractivity contribution is 9.10. The van der Waals surface area contributed by atoms with E-state index in [2.05, 4.69) is 21.2 Å². The molecular weight excluding hydrogens is 342 g/mol. The van der Waals surface area contributed by atoms with Crippen LogP contribution in [0.3, 0.4) is 0 Å². The predicted octanol–water partition coefficient (Wildman–Crippen LogP) is 4.43. The van der Waals surface area contributed by atoms with Gasteiger partial charge >= 0.3 is 0 Å². The molecule has 1 unspecified atom stereocenters. The Kier molecular flexibility index (Phi) is 5.17. The number of ether oxygens (including phenoxy) is 1. The third-order valence-electron chi connectivity index (χ3n) is 2.79. The highest BCUT2D eigenvalue weighted by atomic mass is 79.9. The molecule has 2 rings (SSSR count). The van der Waals surface area contributed by atoms with Gasteiger partial charge in [-0.1, -0.05) is 48.0 Å². The van der Waals surface area contributed by atoms with Gasteiger partial charge in [0.1, 0.15) is 0 Å². The number of carbonyl (C=O) groups is 1. The number of hydrogen-bond donors (Lipinski definition) is 1. The molecule has 0 spiro atoms. The van der Waals surface area contributed by atoms with Crippen LogP contribution < -0.4 is 5.32 Å². The Morgan fingerprint density at radius 1 is 1.20 bits per heavy atom. The highest BCUT2D eigenvalue weighted by Crippen LogP contribution is 2.31. The van der Waals surface area contributed by atoms with Gasteiger partial charge in [-0.05, 0) is 33.6 Å². The van der Waals surface area contributed by atoms with Gasteiger partial charge in [-0.15, -0.1) is 0 Å². The molecule has 2 aromatic rings. The highest BCUT2D eigenvalue weighted by Gasteiger charge is 2.20. The van der Waals surface area contributed by atoms with Crippen LogP contribution in [0.2, 0.25) is 5.02 Å². The van der Waals surface area contributed by atoms with Crippen molar-refractivity contribution >= 4 is 39.1 Å². The Balaban J connectivity index is 2.20. The first-order valence-electron chi connectivity index (χ1n) is 5.96. The van der Waals surface area contributed by atoms with E-state index in [4.69, 9.17) is 16.3 Å². The Hall–Kier alpha value is -1.36. The number of methoxy groups -OCH3 is 1. The van der Waals surface area contributed by atoms with Gasteiger partial charge in [0.15, 0.2) is 6.10 Å². The molecule has 0 saturated heterocycles. The molecule has 0 fully saturated rings. The largest absolute Gasteiger partial charge is 0.367 e. The van der Waals surface area contributed by atoms with E-state index in [9.17, 15) is 4.79 Å². The van der Waals surface area contributed by atoms with Crippen LogP contribution in [0.25, 0.3) is 0 Å². The summed E-state index contributed by atoms with van der Waals surface area (Å²) in [5.74, 6) is -0.248. The lowest BCUT2D eigenvalue weighted by Gasteiger charge is -2.16. The van der Waals surface area contributed by atoms with Crippen LogP contribution in [0.15, 0.2) is 53.0 Å². The molecule has 0 radical (unpaired) electrons. The molecular formula is C15H13BrClNO2. The number of anilines is 1. The van der Waals surface area contributed by atoms with Gasteiger partial charge in [-0.3, -0.25) is 4.79 Å². The summed E-state index contributed by atoms with van der Waals surface area (Å²) in [5, 5.41) is 3.34. The van der Waals surface area contributed by atoms with Gasteiger partial charge < -0.3 is 10.1 Å². The van der Waals surface area contributed by atoms with E-state index >= 15 is 0 Å². The van der Waals surface area contributed by atoms with E-state index in [1.165, 1.54) is 7.11 Å². The van der Waals surface area contributed by atoms with Crippen molar-refractivity contribution in [2.45, 2.75) is 6.10 Å². The summed E-state index contributed by atoms with van der Waals surface area (Å²) in [5.41, 5.74) is 1.41. The van der Waals surface area contributed by atoms with E-state index < -0.39 is 6.10 Å².